The zero-order valence-electron chi connectivity index (χ0n) is 13.2. The first-order valence-corrected chi connectivity index (χ1v) is 8.16. The molecule has 23 heavy (non-hydrogen) atoms. The quantitative estimate of drug-likeness (QED) is 0.696. The zero-order valence-corrected chi connectivity index (χ0v) is 13.2. The van der Waals surface area contributed by atoms with E-state index in [1.54, 1.807) is 6.07 Å². The van der Waals surface area contributed by atoms with Crippen LogP contribution >= 0.6 is 0 Å². The maximum Gasteiger partial charge on any atom is 0.161 e. The van der Waals surface area contributed by atoms with Gasteiger partial charge >= 0.3 is 0 Å². The summed E-state index contributed by atoms with van der Waals surface area (Å²) in [7, 11) is 0. The summed E-state index contributed by atoms with van der Waals surface area (Å²) in [5.41, 5.74) is 5.03. The molecule has 0 bridgehead atoms. The highest BCUT2D eigenvalue weighted by Crippen LogP contribution is 2.34. The van der Waals surface area contributed by atoms with Gasteiger partial charge in [-0.15, -0.1) is 0 Å². The molecule has 2 heterocycles. The summed E-state index contributed by atoms with van der Waals surface area (Å²) in [6.45, 7) is 3.53. The van der Waals surface area contributed by atoms with Gasteiger partial charge in [0.15, 0.2) is 17.5 Å². The molecule has 1 aromatic heterocycles. The minimum absolute atomic E-state index is 0.197. The number of nitrogens with one attached hydrogen (secondary N) is 1. The van der Waals surface area contributed by atoms with E-state index in [0.29, 0.717) is 12.4 Å². The van der Waals surface area contributed by atoms with E-state index in [9.17, 15) is 5.11 Å². The number of H-pyrrole nitrogens is 1. The molecular formula is C19H21N2O2+. The Morgan fingerprint density at radius 2 is 2.13 bits per heavy atom. The van der Waals surface area contributed by atoms with E-state index >= 15 is 0 Å². The molecule has 0 aliphatic carbocycles. The van der Waals surface area contributed by atoms with Gasteiger partial charge in [-0.2, -0.15) is 0 Å². The lowest BCUT2D eigenvalue weighted by Crippen LogP contribution is -2.87. The smallest absolute Gasteiger partial charge is 0.161 e. The number of fused-ring (bicyclic) bond motifs is 3. The van der Waals surface area contributed by atoms with Crippen LogP contribution in [0.5, 0.6) is 11.5 Å². The first-order valence-electron chi connectivity index (χ1n) is 8.16. The third-order valence-corrected chi connectivity index (χ3v) is 4.60. The maximum atomic E-state index is 9.93. The topological polar surface area (TPSA) is 61.9 Å². The van der Waals surface area contributed by atoms with Crippen molar-refractivity contribution in [3.8, 4) is 11.5 Å². The molecule has 0 saturated heterocycles. The van der Waals surface area contributed by atoms with Gasteiger partial charge in [-0.25, -0.2) is 0 Å². The number of para-hydroxylation sites is 1. The summed E-state index contributed by atoms with van der Waals surface area (Å²) >= 11 is 0. The molecule has 4 nitrogen and oxygen atoms in total. The van der Waals surface area contributed by atoms with E-state index in [1.165, 1.54) is 22.2 Å². The van der Waals surface area contributed by atoms with Crippen molar-refractivity contribution in [1.29, 1.82) is 0 Å². The largest absolute Gasteiger partial charge is 0.504 e. The van der Waals surface area contributed by atoms with E-state index in [1.807, 2.05) is 19.1 Å². The van der Waals surface area contributed by atoms with Crippen molar-refractivity contribution < 1.29 is 15.2 Å². The van der Waals surface area contributed by atoms with Crippen LogP contribution in [0.4, 0.5) is 0 Å². The lowest BCUT2D eigenvalue weighted by Gasteiger charge is -2.22. The Bertz CT molecular complexity index is 854. The summed E-state index contributed by atoms with van der Waals surface area (Å²) < 4.78 is 5.54. The van der Waals surface area contributed by atoms with E-state index in [-0.39, 0.29) is 11.8 Å². The summed E-state index contributed by atoms with van der Waals surface area (Å²) in [5, 5.41) is 13.6. The van der Waals surface area contributed by atoms with Gasteiger partial charge in [0.2, 0.25) is 0 Å². The van der Waals surface area contributed by atoms with Crippen LogP contribution < -0.4 is 10.1 Å². The molecule has 4 N–H and O–H groups in total. The first kappa shape index (κ1) is 14.2. The van der Waals surface area contributed by atoms with Crippen molar-refractivity contribution in [2.45, 2.75) is 19.4 Å². The number of aromatic nitrogens is 1. The fourth-order valence-corrected chi connectivity index (χ4v) is 3.57. The van der Waals surface area contributed by atoms with Crippen LogP contribution in [-0.2, 0) is 6.42 Å². The fourth-order valence-electron chi connectivity index (χ4n) is 3.57. The van der Waals surface area contributed by atoms with Crippen molar-refractivity contribution in [3.05, 3.63) is 59.3 Å². The fraction of sp³-hybridized carbons (Fsp3) is 0.263. The molecule has 0 fully saturated rings. The monoisotopic (exact) mass is 309 g/mol. The molecule has 2 aromatic carbocycles. The Labute approximate surface area is 135 Å². The van der Waals surface area contributed by atoms with Crippen LogP contribution in [0.1, 0.15) is 29.8 Å². The molecule has 1 aliphatic rings. The predicted molar refractivity (Wildman–Crippen MR) is 89.9 cm³/mol. The number of rotatable bonds is 3. The third kappa shape index (κ3) is 2.35. The summed E-state index contributed by atoms with van der Waals surface area (Å²) in [6, 6.07) is 14.4. The molecule has 3 aromatic rings. The van der Waals surface area contributed by atoms with Gasteiger partial charge < -0.3 is 20.1 Å². The number of hydrogen-bond donors (Lipinski definition) is 3. The van der Waals surface area contributed by atoms with Crippen molar-refractivity contribution in [2.75, 3.05) is 13.2 Å². The summed E-state index contributed by atoms with van der Waals surface area (Å²) in [4.78, 5) is 3.60. The Morgan fingerprint density at radius 3 is 3.00 bits per heavy atom. The van der Waals surface area contributed by atoms with Crippen molar-refractivity contribution >= 4 is 10.9 Å². The average Bonchev–Trinajstić information content (AvgIpc) is 2.96. The van der Waals surface area contributed by atoms with Crippen LogP contribution in [0, 0.1) is 0 Å². The molecule has 118 valence electrons. The lowest BCUT2D eigenvalue weighted by atomic mass is 9.94. The lowest BCUT2D eigenvalue weighted by molar-refractivity contribution is -0.690. The highest BCUT2D eigenvalue weighted by atomic mass is 16.5. The first-order chi connectivity index (χ1) is 11.3. The standard InChI is InChI=1S/C19H20N2O2/c1-2-23-17-11-12(7-8-16(17)22)18-19-14(9-10-20-18)13-5-3-4-6-15(13)21-19/h3-8,11,18,20-22H,2,9-10H2,1H3/p+1/t18-/m1/s1. The van der Waals surface area contributed by atoms with Gasteiger partial charge in [-0.3, -0.25) is 0 Å². The van der Waals surface area contributed by atoms with E-state index in [0.717, 1.165) is 18.5 Å². The molecule has 0 saturated carbocycles. The van der Waals surface area contributed by atoms with Crippen molar-refractivity contribution in [1.82, 2.24) is 4.98 Å². The van der Waals surface area contributed by atoms with Crippen LogP contribution in [-0.4, -0.2) is 23.2 Å². The van der Waals surface area contributed by atoms with Gasteiger partial charge in [0.25, 0.3) is 0 Å². The molecule has 0 amide bonds. The minimum Gasteiger partial charge on any atom is -0.504 e. The maximum absolute atomic E-state index is 9.93. The number of aromatic amines is 1. The Hall–Kier alpha value is -2.46. The zero-order chi connectivity index (χ0) is 15.8. The molecule has 1 atom stereocenters. The van der Waals surface area contributed by atoms with Gasteiger partial charge in [0, 0.05) is 22.9 Å². The number of nitrogens with two attached hydrogens (primary N) is 1. The molecule has 0 spiro atoms. The van der Waals surface area contributed by atoms with Crippen LogP contribution in [0.3, 0.4) is 0 Å². The van der Waals surface area contributed by atoms with Crippen LogP contribution in [0.25, 0.3) is 10.9 Å². The molecule has 0 radical (unpaired) electrons. The Kier molecular flexibility index (Phi) is 3.46. The minimum atomic E-state index is 0.197. The third-order valence-electron chi connectivity index (χ3n) is 4.60. The second-order valence-corrected chi connectivity index (χ2v) is 5.98. The van der Waals surface area contributed by atoms with E-state index in [4.69, 9.17) is 4.74 Å². The molecule has 1 aliphatic heterocycles. The SMILES string of the molecule is CCOc1cc([C@H]2[NH2+]CCc3c2[nH]c2ccccc32)ccc1O. The number of ether oxygens (including phenoxy) is 1. The number of phenols is 1. The highest BCUT2D eigenvalue weighted by Gasteiger charge is 2.29. The average molecular weight is 309 g/mol. The predicted octanol–water partition coefficient (Wildman–Crippen LogP) is 2.48. The number of hydrogen-bond acceptors (Lipinski definition) is 2. The Balaban J connectivity index is 1.81. The van der Waals surface area contributed by atoms with E-state index in [2.05, 4.69) is 34.6 Å². The molecule has 4 rings (SSSR count). The molecule has 4 heteroatoms. The van der Waals surface area contributed by atoms with Gasteiger partial charge in [0.05, 0.1) is 18.8 Å². The summed E-state index contributed by atoms with van der Waals surface area (Å²) in [5.74, 6) is 0.755. The summed E-state index contributed by atoms with van der Waals surface area (Å²) in [6.07, 6.45) is 1.08. The molecular weight excluding hydrogens is 288 g/mol. The number of aromatic hydroxyl groups is 1. The van der Waals surface area contributed by atoms with Crippen molar-refractivity contribution in [3.63, 3.8) is 0 Å². The Morgan fingerprint density at radius 1 is 1.26 bits per heavy atom. The number of phenolic OH excluding ortho intramolecular Hbond substituents is 1. The second-order valence-electron chi connectivity index (χ2n) is 5.98. The number of benzene rings is 2. The molecule has 0 unspecified atom stereocenters. The number of quaternary nitrogens is 1. The van der Waals surface area contributed by atoms with Gasteiger partial charge in [-0.1, -0.05) is 18.2 Å². The van der Waals surface area contributed by atoms with Gasteiger partial charge in [0.1, 0.15) is 0 Å². The normalized spacial score (nSPS) is 17.2. The second kappa shape index (κ2) is 5.63. The van der Waals surface area contributed by atoms with Crippen LogP contribution in [0.15, 0.2) is 42.5 Å². The van der Waals surface area contributed by atoms with Crippen molar-refractivity contribution in [2.24, 2.45) is 0 Å². The van der Waals surface area contributed by atoms with E-state index < -0.39 is 0 Å². The van der Waals surface area contributed by atoms with Crippen LogP contribution in [0.2, 0.25) is 0 Å². The highest BCUT2D eigenvalue weighted by molar-refractivity contribution is 5.85. The van der Waals surface area contributed by atoms with Gasteiger partial charge in [-0.05, 0) is 36.8 Å².